The van der Waals surface area contributed by atoms with E-state index in [4.69, 9.17) is 5.11 Å². The maximum Gasteiger partial charge on any atom is 0.345 e. The Morgan fingerprint density at radius 1 is 1.52 bits per heavy atom. The van der Waals surface area contributed by atoms with Gasteiger partial charge in [-0.2, -0.15) is 4.31 Å². The van der Waals surface area contributed by atoms with Crippen LogP contribution in [0.2, 0.25) is 0 Å². The highest BCUT2D eigenvalue weighted by Crippen LogP contribution is 2.34. The molecule has 1 aromatic heterocycles. The SMILES string of the molecule is CC1CS(=O)(=O)CCN1S(=O)(=O)c1cc(C(=O)O)sc1Br. The molecule has 0 spiro atoms. The molecular weight excluding hydrogens is 406 g/mol. The second-order valence-electron chi connectivity index (χ2n) is 4.63. The third-order valence-corrected chi connectivity index (χ3v) is 9.11. The molecular formula is C10H12BrNO6S3. The number of thiophene rings is 1. The molecule has 1 aliphatic heterocycles. The van der Waals surface area contributed by atoms with E-state index in [0.29, 0.717) is 0 Å². The number of carboxylic acids is 1. The van der Waals surface area contributed by atoms with E-state index >= 15 is 0 Å². The lowest BCUT2D eigenvalue weighted by atomic mass is 10.4. The van der Waals surface area contributed by atoms with Crippen LogP contribution in [0.1, 0.15) is 16.6 Å². The number of carbonyl (C=O) groups is 1. The van der Waals surface area contributed by atoms with Crippen LogP contribution >= 0.6 is 27.3 Å². The van der Waals surface area contributed by atoms with Gasteiger partial charge in [0.1, 0.15) is 9.77 Å². The Morgan fingerprint density at radius 2 is 2.14 bits per heavy atom. The number of nitrogens with zero attached hydrogens (tertiary/aromatic N) is 1. The summed E-state index contributed by atoms with van der Waals surface area (Å²) in [4.78, 5) is 10.7. The van der Waals surface area contributed by atoms with Gasteiger partial charge in [0.05, 0.1) is 15.3 Å². The molecule has 118 valence electrons. The van der Waals surface area contributed by atoms with Crippen molar-refractivity contribution in [2.24, 2.45) is 0 Å². The van der Waals surface area contributed by atoms with Gasteiger partial charge in [0.2, 0.25) is 10.0 Å². The van der Waals surface area contributed by atoms with Gasteiger partial charge in [0.15, 0.2) is 9.84 Å². The number of aromatic carboxylic acids is 1. The van der Waals surface area contributed by atoms with Gasteiger partial charge in [-0.05, 0) is 28.9 Å². The number of rotatable bonds is 3. The summed E-state index contributed by atoms with van der Waals surface area (Å²) in [7, 11) is -7.17. The van der Waals surface area contributed by atoms with Crippen molar-refractivity contribution in [2.45, 2.75) is 17.9 Å². The predicted molar refractivity (Wildman–Crippen MR) is 81.0 cm³/mol. The van der Waals surface area contributed by atoms with Crippen LogP contribution in [0, 0.1) is 0 Å². The highest BCUT2D eigenvalue weighted by atomic mass is 79.9. The molecule has 1 saturated heterocycles. The van der Waals surface area contributed by atoms with Crippen molar-refractivity contribution in [2.75, 3.05) is 18.1 Å². The van der Waals surface area contributed by atoms with Crippen LogP contribution in [0.3, 0.4) is 0 Å². The molecule has 1 N–H and O–H groups in total. The Balaban J connectivity index is 2.41. The number of hydrogen-bond acceptors (Lipinski definition) is 6. The zero-order valence-corrected chi connectivity index (χ0v) is 14.8. The molecule has 1 fully saturated rings. The minimum atomic E-state index is -3.94. The van der Waals surface area contributed by atoms with Gasteiger partial charge < -0.3 is 5.11 Å². The summed E-state index contributed by atoms with van der Waals surface area (Å²) in [5, 5.41) is 8.92. The third-order valence-electron chi connectivity index (χ3n) is 3.06. The predicted octanol–water partition coefficient (Wildman–Crippen LogP) is 1.02. The smallest absolute Gasteiger partial charge is 0.345 e. The Hall–Kier alpha value is -0.490. The van der Waals surface area contributed by atoms with E-state index < -0.39 is 31.9 Å². The number of carboxylic acid groups (broad SMARTS) is 1. The molecule has 11 heteroatoms. The fraction of sp³-hybridized carbons (Fsp3) is 0.500. The first-order valence-electron chi connectivity index (χ1n) is 5.79. The van der Waals surface area contributed by atoms with E-state index in [0.717, 1.165) is 21.7 Å². The van der Waals surface area contributed by atoms with Crippen LogP contribution in [-0.4, -0.2) is 56.3 Å². The molecule has 1 atom stereocenters. The lowest BCUT2D eigenvalue weighted by Gasteiger charge is -2.31. The Morgan fingerprint density at radius 3 is 2.62 bits per heavy atom. The average molecular weight is 418 g/mol. The van der Waals surface area contributed by atoms with Crippen LogP contribution in [0.5, 0.6) is 0 Å². The van der Waals surface area contributed by atoms with Crippen molar-refractivity contribution in [1.82, 2.24) is 4.31 Å². The monoisotopic (exact) mass is 417 g/mol. The minimum Gasteiger partial charge on any atom is -0.477 e. The van der Waals surface area contributed by atoms with E-state index in [1.807, 2.05) is 0 Å². The summed E-state index contributed by atoms with van der Waals surface area (Å²) in [5.74, 6) is -1.68. The first-order chi connectivity index (χ1) is 9.54. The Kier molecular flexibility index (Phi) is 4.51. The molecule has 7 nitrogen and oxygen atoms in total. The molecule has 0 radical (unpaired) electrons. The van der Waals surface area contributed by atoms with Crippen molar-refractivity contribution in [3.05, 3.63) is 14.7 Å². The lowest BCUT2D eigenvalue weighted by Crippen LogP contribution is -2.49. The minimum absolute atomic E-state index is 0.0993. The number of hydrogen-bond donors (Lipinski definition) is 1. The molecule has 2 rings (SSSR count). The maximum absolute atomic E-state index is 12.6. The molecule has 0 aromatic carbocycles. The molecule has 1 aliphatic rings. The van der Waals surface area contributed by atoms with E-state index in [-0.39, 0.29) is 31.6 Å². The van der Waals surface area contributed by atoms with Gasteiger partial charge in [-0.3, -0.25) is 0 Å². The first-order valence-corrected chi connectivity index (χ1v) is 10.7. The highest BCUT2D eigenvalue weighted by Gasteiger charge is 2.38. The van der Waals surface area contributed by atoms with Crippen LogP contribution < -0.4 is 0 Å². The van der Waals surface area contributed by atoms with Gasteiger partial charge in [-0.25, -0.2) is 21.6 Å². The van der Waals surface area contributed by atoms with Gasteiger partial charge in [0, 0.05) is 12.6 Å². The normalized spacial score (nSPS) is 23.0. The fourth-order valence-electron chi connectivity index (χ4n) is 2.10. The molecule has 0 amide bonds. The Labute approximate surface area is 134 Å². The number of halogens is 1. The summed E-state index contributed by atoms with van der Waals surface area (Å²) in [6.45, 7) is 1.39. The van der Waals surface area contributed by atoms with Gasteiger partial charge in [-0.1, -0.05) is 0 Å². The van der Waals surface area contributed by atoms with Crippen molar-refractivity contribution >= 4 is 53.1 Å². The van der Waals surface area contributed by atoms with Crippen LogP contribution in [-0.2, 0) is 19.9 Å². The van der Waals surface area contributed by atoms with Crippen molar-refractivity contribution in [3.8, 4) is 0 Å². The standard InChI is InChI=1S/C10H12BrNO6S3/c1-6-5-20(15,16)3-2-12(6)21(17,18)8-4-7(10(13)14)19-9(8)11/h4,6H,2-3,5H2,1H3,(H,13,14). The average Bonchev–Trinajstić information content (AvgIpc) is 2.70. The van der Waals surface area contributed by atoms with Crippen molar-refractivity contribution < 1.29 is 26.7 Å². The zero-order chi connectivity index (χ0) is 16.0. The molecule has 0 aliphatic carbocycles. The third kappa shape index (κ3) is 3.31. The summed E-state index contributed by atoms with van der Waals surface area (Å²) >= 11 is 3.87. The number of sulfone groups is 1. The summed E-state index contributed by atoms with van der Waals surface area (Å²) in [6, 6.07) is 0.399. The zero-order valence-electron chi connectivity index (χ0n) is 10.8. The van der Waals surface area contributed by atoms with E-state index in [1.54, 1.807) is 0 Å². The summed E-state index contributed by atoms with van der Waals surface area (Å²) < 4.78 is 49.5. The molecule has 0 saturated carbocycles. The van der Waals surface area contributed by atoms with E-state index in [2.05, 4.69) is 15.9 Å². The second kappa shape index (κ2) is 5.61. The maximum atomic E-state index is 12.6. The quantitative estimate of drug-likeness (QED) is 0.785. The molecule has 0 bridgehead atoms. The number of sulfonamides is 1. The topological polar surface area (TPSA) is 109 Å². The Bertz CT molecular complexity index is 782. The van der Waals surface area contributed by atoms with Gasteiger partial charge in [-0.15, -0.1) is 11.3 Å². The van der Waals surface area contributed by atoms with Gasteiger partial charge >= 0.3 is 5.97 Å². The highest BCUT2D eigenvalue weighted by molar-refractivity contribution is 9.11. The van der Waals surface area contributed by atoms with Crippen LogP contribution in [0.15, 0.2) is 14.7 Å². The fourth-order valence-corrected chi connectivity index (χ4v) is 7.85. The second-order valence-corrected chi connectivity index (χ2v) is 11.1. The van der Waals surface area contributed by atoms with Crippen molar-refractivity contribution in [1.29, 1.82) is 0 Å². The lowest BCUT2D eigenvalue weighted by molar-refractivity contribution is 0.0702. The van der Waals surface area contributed by atoms with E-state index in [9.17, 15) is 21.6 Å². The van der Waals surface area contributed by atoms with Crippen molar-refractivity contribution in [3.63, 3.8) is 0 Å². The first kappa shape index (κ1) is 16.9. The summed E-state index contributed by atoms with van der Waals surface area (Å²) in [6.07, 6.45) is 0. The molecule has 1 unspecified atom stereocenters. The van der Waals surface area contributed by atoms with Gasteiger partial charge in [0.25, 0.3) is 0 Å². The molecule has 21 heavy (non-hydrogen) atoms. The van der Waals surface area contributed by atoms with Crippen LogP contribution in [0.4, 0.5) is 0 Å². The van der Waals surface area contributed by atoms with E-state index in [1.165, 1.54) is 6.92 Å². The molecule has 1 aromatic rings. The summed E-state index contributed by atoms with van der Waals surface area (Å²) in [5.41, 5.74) is 0. The largest absolute Gasteiger partial charge is 0.477 e. The molecule has 2 heterocycles. The van der Waals surface area contributed by atoms with Crippen LogP contribution in [0.25, 0.3) is 0 Å².